The molecule has 4 nitrogen and oxygen atoms in total. The lowest BCUT2D eigenvalue weighted by Gasteiger charge is -2.17. The first-order valence-corrected chi connectivity index (χ1v) is 10.6. The maximum atomic E-state index is 12.5. The van der Waals surface area contributed by atoms with Gasteiger partial charge in [-0.05, 0) is 38.3 Å². The quantitative estimate of drug-likeness (QED) is 0.416. The summed E-state index contributed by atoms with van der Waals surface area (Å²) in [5.74, 6) is -0.454. The van der Waals surface area contributed by atoms with Crippen molar-refractivity contribution in [3.63, 3.8) is 0 Å². The van der Waals surface area contributed by atoms with Crippen LogP contribution in [-0.4, -0.2) is 30.8 Å². The predicted molar refractivity (Wildman–Crippen MR) is 116 cm³/mol. The third-order valence-corrected chi connectivity index (χ3v) is 6.46. The molecule has 0 radical (unpaired) electrons. The van der Waals surface area contributed by atoms with Gasteiger partial charge in [0.2, 0.25) is 5.91 Å². The minimum Gasteiger partial charge on any atom is -0.467 e. The summed E-state index contributed by atoms with van der Waals surface area (Å²) >= 11 is 5.06. The van der Waals surface area contributed by atoms with Gasteiger partial charge < -0.3 is 10.1 Å². The highest BCUT2D eigenvalue weighted by atomic mass is 79.9. The standard InChI is InChI=1S/C22H20BrNO3S/c1-27-22(26)18(13-15-7-3-2-4-8-15)24-20(25)14-28-19-12-11-16-9-5-6-10-17(16)21(19)23/h2-12,18H,13-14H2,1H3,(H,24,25)/t18-/m0/s1. The Hall–Kier alpha value is -2.31. The monoisotopic (exact) mass is 457 g/mol. The van der Waals surface area contributed by atoms with Gasteiger partial charge in [0.15, 0.2) is 0 Å². The van der Waals surface area contributed by atoms with E-state index in [2.05, 4.69) is 21.2 Å². The molecule has 1 amide bonds. The van der Waals surface area contributed by atoms with E-state index in [9.17, 15) is 9.59 Å². The largest absolute Gasteiger partial charge is 0.467 e. The number of hydrogen-bond acceptors (Lipinski definition) is 4. The van der Waals surface area contributed by atoms with E-state index >= 15 is 0 Å². The highest BCUT2D eigenvalue weighted by Gasteiger charge is 2.22. The topological polar surface area (TPSA) is 55.4 Å². The molecule has 0 saturated heterocycles. The number of rotatable bonds is 7. The molecule has 3 rings (SSSR count). The summed E-state index contributed by atoms with van der Waals surface area (Å²) < 4.78 is 5.82. The number of hydrogen-bond donors (Lipinski definition) is 1. The molecule has 0 unspecified atom stereocenters. The summed E-state index contributed by atoms with van der Waals surface area (Å²) in [6.07, 6.45) is 0.392. The maximum Gasteiger partial charge on any atom is 0.328 e. The van der Waals surface area contributed by atoms with E-state index in [0.717, 1.165) is 25.7 Å². The molecule has 0 aliphatic carbocycles. The Kier molecular flexibility index (Phi) is 7.12. The predicted octanol–water partition coefficient (Wildman–Crippen LogP) is 4.59. The van der Waals surface area contributed by atoms with Crippen LogP contribution >= 0.6 is 27.7 Å². The number of benzene rings is 3. The molecule has 0 heterocycles. The smallest absolute Gasteiger partial charge is 0.328 e. The molecule has 0 fully saturated rings. The van der Waals surface area contributed by atoms with E-state index in [1.165, 1.54) is 18.9 Å². The number of amides is 1. The highest BCUT2D eigenvalue weighted by Crippen LogP contribution is 2.33. The van der Waals surface area contributed by atoms with E-state index in [1.54, 1.807) is 0 Å². The number of methoxy groups -OCH3 is 1. The normalized spacial score (nSPS) is 11.8. The molecular formula is C22H20BrNO3S. The Balaban J connectivity index is 1.64. The van der Waals surface area contributed by atoms with Crippen LogP contribution in [0.4, 0.5) is 0 Å². The first kappa shape index (κ1) is 20.4. The van der Waals surface area contributed by atoms with Gasteiger partial charge in [0.05, 0.1) is 12.9 Å². The van der Waals surface area contributed by atoms with E-state index in [-0.39, 0.29) is 11.7 Å². The van der Waals surface area contributed by atoms with Crippen molar-refractivity contribution in [2.45, 2.75) is 17.4 Å². The van der Waals surface area contributed by atoms with Gasteiger partial charge in [-0.1, -0.05) is 60.7 Å². The van der Waals surface area contributed by atoms with E-state index in [1.807, 2.05) is 66.7 Å². The molecular weight excluding hydrogens is 438 g/mol. The molecule has 3 aromatic carbocycles. The summed E-state index contributed by atoms with van der Waals surface area (Å²) in [7, 11) is 1.33. The van der Waals surface area contributed by atoms with Crippen molar-refractivity contribution in [1.82, 2.24) is 5.32 Å². The fourth-order valence-electron chi connectivity index (χ4n) is 2.89. The fraction of sp³-hybridized carbons (Fsp3) is 0.182. The molecule has 0 bridgehead atoms. The van der Waals surface area contributed by atoms with Gasteiger partial charge in [-0.2, -0.15) is 0 Å². The van der Waals surface area contributed by atoms with Gasteiger partial charge in [0, 0.05) is 15.8 Å². The van der Waals surface area contributed by atoms with Crippen LogP contribution in [-0.2, 0) is 20.7 Å². The van der Waals surface area contributed by atoms with Gasteiger partial charge >= 0.3 is 5.97 Å². The van der Waals surface area contributed by atoms with Gasteiger partial charge in [0.1, 0.15) is 6.04 Å². The van der Waals surface area contributed by atoms with Gasteiger partial charge in [-0.25, -0.2) is 4.79 Å². The summed E-state index contributed by atoms with van der Waals surface area (Å²) in [6.45, 7) is 0. The molecule has 0 aliphatic rings. The van der Waals surface area contributed by atoms with Crippen LogP contribution in [0, 0.1) is 0 Å². The number of fused-ring (bicyclic) bond motifs is 1. The number of esters is 1. The van der Waals surface area contributed by atoms with Crippen molar-refractivity contribution in [1.29, 1.82) is 0 Å². The molecule has 6 heteroatoms. The molecule has 0 saturated carbocycles. The second-order valence-corrected chi connectivity index (χ2v) is 8.03. The van der Waals surface area contributed by atoms with Crippen molar-refractivity contribution in [2.75, 3.05) is 12.9 Å². The SMILES string of the molecule is COC(=O)[C@H](Cc1ccccc1)NC(=O)CSc1ccc2ccccc2c1Br. The zero-order valence-electron chi connectivity index (χ0n) is 15.4. The molecule has 3 aromatic rings. The second kappa shape index (κ2) is 9.75. The number of ether oxygens (including phenoxy) is 1. The molecule has 0 spiro atoms. The van der Waals surface area contributed by atoms with Gasteiger partial charge in [0.25, 0.3) is 0 Å². The average Bonchev–Trinajstić information content (AvgIpc) is 2.73. The fourth-order valence-corrected chi connectivity index (χ4v) is 4.50. The Morgan fingerprint density at radius 2 is 1.75 bits per heavy atom. The second-order valence-electron chi connectivity index (χ2n) is 6.22. The van der Waals surface area contributed by atoms with Crippen molar-refractivity contribution >= 4 is 50.3 Å². The molecule has 1 atom stereocenters. The summed E-state index contributed by atoms with van der Waals surface area (Å²) in [5, 5.41) is 5.03. The third kappa shape index (κ3) is 5.14. The highest BCUT2D eigenvalue weighted by molar-refractivity contribution is 9.10. The first-order chi connectivity index (χ1) is 13.6. The Bertz CT molecular complexity index is 978. The summed E-state index contributed by atoms with van der Waals surface area (Å²) in [5.41, 5.74) is 0.961. The molecule has 0 aliphatic heterocycles. The van der Waals surface area contributed by atoms with Gasteiger partial charge in [-0.15, -0.1) is 11.8 Å². The van der Waals surface area contributed by atoms with Crippen molar-refractivity contribution < 1.29 is 14.3 Å². The Morgan fingerprint density at radius 1 is 1.04 bits per heavy atom. The van der Waals surface area contributed by atoms with Crippen molar-refractivity contribution in [2.24, 2.45) is 0 Å². The van der Waals surface area contributed by atoms with E-state index in [0.29, 0.717) is 6.42 Å². The number of halogens is 1. The molecule has 144 valence electrons. The molecule has 1 N–H and O–H groups in total. The minimum atomic E-state index is -0.708. The Labute approximate surface area is 176 Å². The van der Waals surface area contributed by atoms with E-state index in [4.69, 9.17) is 4.74 Å². The molecule has 0 aromatic heterocycles. The van der Waals surface area contributed by atoms with Crippen LogP contribution in [0.2, 0.25) is 0 Å². The number of carbonyl (C=O) groups is 2. The Morgan fingerprint density at radius 3 is 2.50 bits per heavy atom. The van der Waals surface area contributed by atoms with Crippen LogP contribution in [0.5, 0.6) is 0 Å². The van der Waals surface area contributed by atoms with Crippen molar-refractivity contribution in [3.8, 4) is 0 Å². The third-order valence-electron chi connectivity index (χ3n) is 4.29. The number of carbonyl (C=O) groups excluding carboxylic acids is 2. The number of nitrogens with one attached hydrogen (secondary N) is 1. The first-order valence-electron chi connectivity index (χ1n) is 8.79. The number of thioether (sulfide) groups is 1. The maximum absolute atomic E-state index is 12.5. The molecule has 28 heavy (non-hydrogen) atoms. The minimum absolute atomic E-state index is 0.208. The lowest BCUT2D eigenvalue weighted by atomic mass is 10.1. The van der Waals surface area contributed by atoms with Crippen LogP contribution in [0.1, 0.15) is 5.56 Å². The summed E-state index contributed by atoms with van der Waals surface area (Å²) in [6, 6.07) is 20.9. The van der Waals surface area contributed by atoms with Crippen LogP contribution in [0.3, 0.4) is 0 Å². The average molecular weight is 458 g/mol. The lowest BCUT2D eigenvalue weighted by Crippen LogP contribution is -2.43. The summed E-state index contributed by atoms with van der Waals surface area (Å²) in [4.78, 5) is 25.5. The van der Waals surface area contributed by atoms with Crippen molar-refractivity contribution in [3.05, 3.63) is 76.8 Å². The zero-order chi connectivity index (χ0) is 19.9. The van der Waals surface area contributed by atoms with Crippen LogP contribution < -0.4 is 5.32 Å². The zero-order valence-corrected chi connectivity index (χ0v) is 17.8. The van der Waals surface area contributed by atoms with E-state index < -0.39 is 12.0 Å². The van der Waals surface area contributed by atoms with Crippen LogP contribution in [0.15, 0.2) is 76.1 Å². The van der Waals surface area contributed by atoms with Gasteiger partial charge in [-0.3, -0.25) is 4.79 Å². The van der Waals surface area contributed by atoms with Crippen LogP contribution in [0.25, 0.3) is 10.8 Å². The lowest BCUT2D eigenvalue weighted by molar-refractivity contribution is -0.144.